The predicted molar refractivity (Wildman–Crippen MR) is 113 cm³/mol. The number of hydrogen-bond acceptors (Lipinski definition) is 3. The van der Waals surface area contributed by atoms with Crippen LogP contribution in [0.5, 0.6) is 0 Å². The highest BCUT2D eigenvalue weighted by Gasteiger charge is 2.33. The zero-order chi connectivity index (χ0) is 20.7. The molecule has 1 fully saturated rings. The Kier molecular flexibility index (Phi) is 8.58. The monoisotopic (exact) mass is 409 g/mol. The highest BCUT2D eigenvalue weighted by Crippen LogP contribution is 2.31. The highest BCUT2D eigenvalue weighted by molar-refractivity contribution is 6.32. The Morgan fingerprint density at radius 2 is 2.00 bits per heavy atom. The van der Waals surface area contributed by atoms with Gasteiger partial charge in [0.25, 0.3) is 0 Å². The Balaban J connectivity index is 2.12. The summed E-state index contributed by atoms with van der Waals surface area (Å²) in [5.41, 5.74) is 2.82. The van der Waals surface area contributed by atoms with E-state index in [0.29, 0.717) is 24.7 Å². The molecule has 7 heteroatoms. The minimum absolute atomic E-state index is 0.0204. The van der Waals surface area contributed by atoms with Crippen LogP contribution in [0.2, 0.25) is 5.02 Å². The molecule has 1 aliphatic rings. The van der Waals surface area contributed by atoms with Crippen LogP contribution in [0.15, 0.2) is 12.1 Å². The Morgan fingerprint density at radius 1 is 1.25 bits per heavy atom. The standard InChI is InChI=1S/C21H32ClN3O3/c1-5-15-9-10-18(22)17(6-2)19(15)24-21(27)25-13-16(8-7-14(25)3)20(26)23-11-12-28-4/h9-10,14,16H,5-8,11-13H2,1-4H3,(H,23,26)(H,24,27)/t14-,16+/m1/s1. The number of anilines is 1. The maximum Gasteiger partial charge on any atom is 0.322 e. The third kappa shape index (κ3) is 5.39. The molecule has 0 aliphatic carbocycles. The molecule has 0 bridgehead atoms. The first kappa shape index (κ1) is 22.5. The Hall–Kier alpha value is -1.79. The van der Waals surface area contributed by atoms with Gasteiger partial charge in [-0.3, -0.25) is 4.79 Å². The number of urea groups is 1. The first-order valence-electron chi connectivity index (χ1n) is 10.1. The summed E-state index contributed by atoms with van der Waals surface area (Å²) in [5, 5.41) is 6.63. The Morgan fingerprint density at radius 3 is 2.64 bits per heavy atom. The third-order valence-corrected chi connectivity index (χ3v) is 5.78. The van der Waals surface area contributed by atoms with E-state index in [-0.39, 0.29) is 23.9 Å². The number of methoxy groups -OCH3 is 1. The van der Waals surface area contributed by atoms with Crippen molar-refractivity contribution >= 4 is 29.2 Å². The van der Waals surface area contributed by atoms with Crippen molar-refractivity contribution in [2.24, 2.45) is 5.92 Å². The predicted octanol–water partition coefficient (Wildman–Crippen LogP) is 3.86. The fourth-order valence-corrected chi connectivity index (χ4v) is 3.96. The number of carbonyl (C=O) groups excluding carboxylic acids is 2. The van der Waals surface area contributed by atoms with E-state index >= 15 is 0 Å². The van der Waals surface area contributed by atoms with Gasteiger partial charge in [0.2, 0.25) is 5.91 Å². The molecule has 1 aromatic carbocycles. The number of piperidine rings is 1. The lowest BCUT2D eigenvalue weighted by molar-refractivity contribution is -0.126. The fourth-order valence-electron chi connectivity index (χ4n) is 3.67. The summed E-state index contributed by atoms with van der Waals surface area (Å²) in [6, 6.07) is 3.76. The molecule has 1 aliphatic heterocycles. The summed E-state index contributed by atoms with van der Waals surface area (Å²) in [4.78, 5) is 27.3. The Bertz CT molecular complexity index is 696. The molecular formula is C21H32ClN3O3. The summed E-state index contributed by atoms with van der Waals surface area (Å²) in [5.74, 6) is -0.220. The van der Waals surface area contributed by atoms with Gasteiger partial charge in [-0.15, -0.1) is 0 Å². The van der Waals surface area contributed by atoms with Gasteiger partial charge in [-0.1, -0.05) is 31.5 Å². The van der Waals surface area contributed by atoms with Crippen molar-refractivity contribution in [1.29, 1.82) is 0 Å². The maximum absolute atomic E-state index is 13.1. The molecule has 2 rings (SSSR count). The highest BCUT2D eigenvalue weighted by atomic mass is 35.5. The van der Waals surface area contributed by atoms with E-state index in [0.717, 1.165) is 42.5 Å². The van der Waals surface area contributed by atoms with E-state index in [1.165, 1.54) is 0 Å². The largest absolute Gasteiger partial charge is 0.383 e. The van der Waals surface area contributed by atoms with Gasteiger partial charge in [0.1, 0.15) is 0 Å². The molecule has 0 unspecified atom stereocenters. The molecule has 0 radical (unpaired) electrons. The van der Waals surface area contributed by atoms with Crippen LogP contribution >= 0.6 is 11.6 Å². The van der Waals surface area contributed by atoms with Crippen molar-refractivity contribution in [2.45, 2.75) is 52.5 Å². The van der Waals surface area contributed by atoms with Crippen LogP contribution in [0, 0.1) is 5.92 Å². The molecule has 2 atom stereocenters. The van der Waals surface area contributed by atoms with Gasteiger partial charge in [-0.05, 0) is 49.8 Å². The van der Waals surface area contributed by atoms with E-state index in [4.69, 9.17) is 16.3 Å². The van der Waals surface area contributed by atoms with Gasteiger partial charge in [0, 0.05) is 31.3 Å². The van der Waals surface area contributed by atoms with Crippen LogP contribution < -0.4 is 10.6 Å². The third-order valence-electron chi connectivity index (χ3n) is 5.43. The maximum atomic E-state index is 13.1. The molecule has 1 heterocycles. The van der Waals surface area contributed by atoms with E-state index < -0.39 is 0 Å². The minimum Gasteiger partial charge on any atom is -0.383 e. The van der Waals surface area contributed by atoms with Gasteiger partial charge in [0.05, 0.1) is 18.2 Å². The van der Waals surface area contributed by atoms with Crippen LogP contribution in [0.3, 0.4) is 0 Å². The normalized spacial score (nSPS) is 19.4. The first-order valence-corrected chi connectivity index (χ1v) is 10.4. The van der Waals surface area contributed by atoms with Gasteiger partial charge < -0.3 is 20.3 Å². The second kappa shape index (κ2) is 10.7. The zero-order valence-electron chi connectivity index (χ0n) is 17.3. The number of carbonyl (C=O) groups is 2. The van der Waals surface area contributed by atoms with Crippen molar-refractivity contribution in [2.75, 3.05) is 32.1 Å². The number of likely N-dealkylation sites (tertiary alicyclic amines) is 1. The van der Waals surface area contributed by atoms with E-state index in [2.05, 4.69) is 17.6 Å². The number of aryl methyl sites for hydroxylation is 1. The minimum atomic E-state index is -0.200. The zero-order valence-corrected chi connectivity index (χ0v) is 18.1. The summed E-state index contributed by atoms with van der Waals surface area (Å²) in [6.07, 6.45) is 3.12. The van der Waals surface area contributed by atoms with Crippen LogP contribution in [0.1, 0.15) is 44.7 Å². The van der Waals surface area contributed by atoms with Crippen LogP contribution in [0.4, 0.5) is 10.5 Å². The van der Waals surface area contributed by atoms with E-state index in [9.17, 15) is 9.59 Å². The molecule has 28 heavy (non-hydrogen) atoms. The second-order valence-corrected chi connectivity index (χ2v) is 7.66. The molecule has 6 nitrogen and oxygen atoms in total. The second-order valence-electron chi connectivity index (χ2n) is 7.26. The molecule has 1 aromatic rings. The molecule has 1 saturated heterocycles. The van der Waals surface area contributed by atoms with Crippen LogP contribution in [-0.2, 0) is 22.4 Å². The van der Waals surface area contributed by atoms with Crippen molar-refractivity contribution in [3.63, 3.8) is 0 Å². The number of ether oxygens (including phenoxy) is 1. The number of nitrogens with one attached hydrogen (secondary N) is 2. The smallest absolute Gasteiger partial charge is 0.322 e. The van der Waals surface area contributed by atoms with E-state index in [1.807, 2.05) is 26.0 Å². The molecule has 2 N–H and O–H groups in total. The summed E-state index contributed by atoms with van der Waals surface area (Å²) < 4.78 is 4.98. The Labute approximate surface area is 172 Å². The average Bonchev–Trinajstić information content (AvgIpc) is 2.68. The SMILES string of the molecule is CCc1ccc(Cl)c(CC)c1NC(=O)N1C[C@@H](C(=O)NCCOC)CC[C@H]1C. The number of nitrogens with zero attached hydrogens (tertiary/aromatic N) is 1. The lowest BCUT2D eigenvalue weighted by Gasteiger charge is -2.37. The topological polar surface area (TPSA) is 70.7 Å². The lowest BCUT2D eigenvalue weighted by atomic mass is 9.93. The number of amides is 3. The van der Waals surface area contributed by atoms with Gasteiger partial charge >= 0.3 is 6.03 Å². The van der Waals surface area contributed by atoms with Crippen molar-refractivity contribution in [3.05, 3.63) is 28.3 Å². The summed E-state index contributed by atoms with van der Waals surface area (Å²) in [7, 11) is 1.60. The molecule has 3 amide bonds. The number of benzene rings is 1. The van der Waals surface area contributed by atoms with Crippen LogP contribution in [0.25, 0.3) is 0 Å². The molecule has 0 spiro atoms. The molecule has 0 saturated carbocycles. The van der Waals surface area contributed by atoms with Gasteiger partial charge in [-0.25, -0.2) is 4.79 Å². The number of halogens is 1. The van der Waals surface area contributed by atoms with Gasteiger partial charge in [-0.2, -0.15) is 0 Å². The molecule has 156 valence electrons. The lowest BCUT2D eigenvalue weighted by Crippen LogP contribution is -2.51. The van der Waals surface area contributed by atoms with Crippen molar-refractivity contribution in [1.82, 2.24) is 10.2 Å². The quantitative estimate of drug-likeness (QED) is 0.672. The summed E-state index contributed by atoms with van der Waals surface area (Å²) >= 11 is 6.35. The fraction of sp³-hybridized carbons (Fsp3) is 0.619. The average molecular weight is 410 g/mol. The molecular weight excluding hydrogens is 378 g/mol. The molecule has 0 aromatic heterocycles. The number of hydrogen-bond donors (Lipinski definition) is 2. The van der Waals surface area contributed by atoms with Gasteiger partial charge in [0.15, 0.2) is 0 Å². The van der Waals surface area contributed by atoms with E-state index in [1.54, 1.807) is 12.0 Å². The van der Waals surface area contributed by atoms with Crippen LogP contribution in [-0.4, -0.2) is 49.7 Å². The number of rotatable bonds is 7. The first-order chi connectivity index (χ1) is 13.4. The summed E-state index contributed by atoms with van der Waals surface area (Å²) in [6.45, 7) is 7.49. The van der Waals surface area contributed by atoms with Crippen molar-refractivity contribution < 1.29 is 14.3 Å². The van der Waals surface area contributed by atoms with Crippen molar-refractivity contribution in [3.8, 4) is 0 Å².